The molecule has 1 aromatic heterocycles. The van der Waals surface area contributed by atoms with Gasteiger partial charge in [0.25, 0.3) is 11.8 Å². The van der Waals surface area contributed by atoms with Crippen LogP contribution in [0.1, 0.15) is 31.6 Å². The lowest BCUT2D eigenvalue weighted by molar-refractivity contribution is -0.860. The molecular formula is C22H24N3O2S+. The van der Waals surface area contributed by atoms with Crippen molar-refractivity contribution in [1.29, 1.82) is 0 Å². The van der Waals surface area contributed by atoms with E-state index in [0.29, 0.717) is 16.1 Å². The number of amides is 2. The van der Waals surface area contributed by atoms with E-state index in [9.17, 15) is 9.59 Å². The number of likely N-dealkylation sites (N-methyl/N-ethyl adjacent to an activating group) is 1. The summed E-state index contributed by atoms with van der Waals surface area (Å²) < 4.78 is 0. The number of anilines is 1. The number of rotatable bonds is 7. The van der Waals surface area contributed by atoms with Crippen molar-refractivity contribution in [1.82, 2.24) is 5.32 Å². The predicted molar refractivity (Wildman–Crippen MR) is 113 cm³/mol. The highest BCUT2D eigenvalue weighted by Gasteiger charge is 2.19. The number of carbonyl (C=O) groups is 2. The second kappa shape index (κ2) is 9.30. The fraction of sp³-hybridized carbons (Fsp3) is 0.182. The van der Waals surface area contributed by atoms with E-state index in [1.54, 1.807) is 30.3 Å². The van der Waals surface area contributed by atoms with E-state index in [1.807, 2.05) is 41.8 Å². The smallest absolute Gasteiger partial charge is 0.265 e. The number of carbonyl (C=O) groups excluding carboxylic acids is 2. The summed E-state index contributed by atoms with van der Waals surface area (Å²) in [7, 11) is 4.12. The van der Waals surface area contributed by atoms with Crippen LogP contribution in [0.2, 0.25) is 0 Å². The summed E-state index contributed by atoms with van der Waals surface area (Å²) in [6.07, 6.45) is 0. The molecule has 1 atom stereocenters. The molecule has 6 heteroatoms. The minimum Gasteiger partial charge on any atom is -0.340 e. The zero-order chi connectivity index (χ0) is 19.9. The van der Waals surface area contributed by atoms with Crippen LogP contribution < -0.4 is 15.5 Å². The molecule has 3 aromatic rings. The van der Waals surface area contributed by atoms with Gasteiger partial charge in [-0.1, -0.05) is 42.5 Å². The topological polar surface area (TPSA) is 62.6 Å². The first kappa shape index (κ1) is 19.8. The molecule has 0 spiro atoms. The minimum absolute atomic E-state index is 0.0944. The van der Waals surface area contributed by atoms with Crippen LogP contribution in [0.25, 0.3) is 0 Å². The predicted octanol–water partition coefficient (Wildman–Crippen LogP) is 2.62. The average molecular weight is 395 g/mol. The summed E-state index contributed by atoms with van der Waals surface area (Å²) in [4.78, 5) is 27.0. The molecule has 0 bridgehead atoms. The lowest BCUT2D eigenvalue weighted by Crippen LogP contribution is -3.06. The van der Waals surface area contributed by atoms with Gasteiger partial charge >= 0.3 is 0 Å². The summed E-state index contributed by atoms with van der Waals surface area (Å²) in [5.74, 6) is -0.340. The Morgan fingerprint density at radius 1 is 0.964 bits per heavy atom. The first-order chi connectivity index (χ1) is 13.5. The zero-order valence-electron chi connectivity index (χ0n) is 15.9. The molecule has 0 saturated carbocycles. The van der Waals surface area contributed by atoms with Gasteiger partial charge in [0.1, 0.15) is 12.6 Å². The maximum absolute atomic E-state index is 12.8. The number of quaternary nitrogens is 1. The van der Waals surface area contributed by atoms with E-state index in [-0.39, 0.29) is 17.9 Å². The summed E-state index contributed by atoms with van der Waals surface area (Å²) in [6.45, 7) is 0.768. The van der Waals surface area contributed by atoms with Gasteiger partial charge in [0.15, 0.2) is 0 Å². The summed E-state index contributed by atoms with van der Waals surface area (Å²) in [5.41, 5.74) is 2.18. The van der Waals surface area contributed by atoms with Crippen LogP contribution in [0.4, 0.5) is 5.69 Å². The van der Waals surface area contributed by atoms with Gasteiger partial charge in [0, 0.05) is 11.3 Å². The number of nitrogens with one attached hydrogen (secondary N) is 3. The van der Waals surface area contributed by atoms with Crippen LogP contribution in [0.3, 0.4) is 0 Å². The normalized spacial score (nSPS) is 11.8. The van der Waals surface area contributed by atoms with Gasteiger partial charge < -0.3 is 15.5 Å². The first-order valence-corrected chi connectivity index (χ1v) is 10.0. The van der Waals surface area contributed by atoms with Crippen molar-refractivity contribution in [3.63, 3.8) is 0 Å². The van der Waals surface area contributed by atoms with Crippen LogP contribution in [0, 0.1) is 0 Å². The summed E-state index contributed by atoms with van der Waals surface area (Å²) >= 11 is 1.38. The van der Waals surface area contributed by atoms with Crippen molar-refractivity contribution in [3.05, 3.63) is 88.1 Å². The number of thiophene rings is 1. The maximum Gasteiger partial charge on any atom is 0.265 e. The molecule has 0 saturated heterocycles. The second-order valence-corrected chi connectivity index (χ2v) is 7.81. The molecule has 2 aromatic carbocycles. The Morgan fingerprint density at radius 3 is 2.43 bits per heavy atom. The van der Waals surface area contributed by atoms with Gasteiger partial charge in [-0.15, -0.1) is 11.3 Å². The van der Waals surface area contributed by atoms with Gasteiger partial charge in [-0.3, -0.25) is 9.59 Å². The van der Waals surface area contributed by atoms with Gasteiger partial charge in [-0.25, -0.2) is 0 Å². The highest BCUT2D eigenvalue weighted by Crippen LogP contribution is 2.16. The van der Waals surface area contributed by atoms with E-state index < -0.39 is 0 Å². The molecule has 0 aliphatic carbocycles. The molecule has 0 aliphatic rings. The Balaban J connectivity index is 1.73. The molecule has 28 heavy (non-hydrogen) atoms. The van der Waals surface area contributed by atoms with E-state index in [1.165, 1.54) is 16.2 Å². The first-order valence-electron chi connectivity index (χ1n) is 9.12. The molecular weight excluding hydrogens is 370 g/mol. The third-order valence-electron chi connectivity index (χ3n) is 4.25. The van der Waals surface area contributed by atoms with Gasteiger partial charge in [0.05, 0.1) is 19.0 Å². The van der Waals surface area contributed by atoms with Gasteiger partial charge in [0.2, 0.25) is 0 Å². The van der Waals surface area contributed by atoms with Gasteiger partial charge in [-0.05, 0) is 35.2 Å². The van der Waals surface area contributed by atoms with Crippen LogP contribution in [-0.2, 0) is 0 Å². The van der Waals surface area contributed by atoms with Gasteiger partial charge in [-0.2, -0.15) is 0 Å². The minimum atomic E-state index is -0.175. The van der Waals surface area contributed by atoms with Crippen molar-refractivity contribution in [2.75, 3.05) is 26.0 Å². The number of hydrogen-bond donors (Lipinski definition) is 3. The van der Waals surface area contributed by atoms with Crippen LogP contribution >= 0.6 is 11.3 Å². The standard InChI is InChI=1S/C22H23N3O2S/c1-25(2)15-19(16-8-4-3-5-9-16)24-21(26)17-10-6-11-18(14-17)23-22(27)20-12-7-13-28-20/h3-14,19H,15H2,1-2H3,(H,23,27)(H,24,26)/p+1/t19-/m0/s1. The summed E-state index contributed by atoms with van der Waals surface area (Å²) in [5, 5.41) is 7.82. The highest BCUT2D eigenvalue weighted by atomic mass is 32.1. The molecule has 3 N–H and O–H groups in total. The fourth-order valence-electron chi connectivity index (χ4n) is 2.93. The lowest BCUT2D eigenvalue weighted by Gasteiger charge is -2.21. The maximum atomic E-state index is 12.8. The molecule has 0 aliphatic heterocycles. The van der Waals surface area contributed by atoms with Crippen molar-refractivity contribution >= 4 is 28.8 Å². The Bertz CT molecular complexity index is 924. The molecule has 2 amide bonds. The monoisotopic (exact) mass is 394 g/mol. The Morgan fingerprint density at radius 2 is 1.75 bits per heavy atom. The quantitative estimate of drug-likeness (QED) is 0.577. The van der Waals surface area contributed by atoms with E-state index in [0.717, 1.165) is 12.1 Å². The van der Waals surface area contributed by atoms with Crippen molar-refractivity contribution in [2.45, 2.75) is 6.04 Å². The summed E-state index contributed by atoms with van der Waals surface area (Å²) in [6, 6.07) is 20.5. The van der Waals surface area contributed by atoms with Crippen LogP contribution in [0.15, 0.2) is 72.1 Å². The number of benzene rings is 2. The molecule has 5 nitrogen and oxygen atoms in total. The Hall–Kier alpha value is -2.96. The Labute approximate surface area is 169 Å². The van der Waals surface area contributed by atoms with Crippen molar-refractivity contribution in [3.8, 4) is 0 Å². The molecule has 0 radical (unpaired) electrons. The molecule has 3 rings (SSSR count). The molecule has 1 heterocycles. The van der Waals surface area contributed by atoms with Crippen LogP contribution in [0.5, 0.6) is 0 Å². The average Bonchev–Trinajstić information content (AvgIpc) is 3.23. The zero-order valence-corrected chi connectivity index (χ0v) is 16.8. The number of hydrogen-bond acceptors (Lipinski definition) is 3. The Kier molecular flexibility index (Phi) is 6.57. The second-order valence-electron chi connectivity index (χ2n) is 6.86. The fourth-order valence-corrected chi connectivity index (χ4v) is 3.54. The third kappa shape index (κ3) is 5.28. The van der Waals surface area contributed by atoms with E-state index >= 15 is 0 Å². The molecule has 0 fully saturated rings. The third-order valence-corrected chi connectivity index (χ3v) is 5.12. The van der Waals surface area contributed by atoms with E-state index in [4.69, 9.17) is 0 Å². The van der Waals surface area contributed by atoms with E-state index in [2.05, 4.69) is 24.7 Å². The van der Waals surface area contributed by atoms with Crippen molar-refractivity contribution in [2.24, 2.45) is 0 Å². The molecule has 144 valence electrons. The lowest BCUT2D eigenvalue weighted by atomic mass is 10.1. The SMILES string of the molecule is C[NH+](C)C[C@H](NC(=O)c1cccc(NC(=O)c2cccs2)c1)c1ccccc1. The van der Waals surface area contributed by atoms with Crippen LogP contribution in [-0.4, -0.2) is 32.5 Å². The molecule has 0 unspecified atom stereocenters. The highest BCUT2D eigenvalue weighted by molar-refractivity contribution is 7.12. The van der Waals surface area contributed by atoms with Crippen molar-refractivity contribution < 1.29 is 14.5 Å². The largest absolute Gasteiger partial charge is 0.340 e.